The van der Waals surface area contributed by atoms with Crippen LogP contribution < -0.4 is 5.32 Å². The Hall–Kier alpha value is -2.27. The second-order valence-corrected chi connectivity index (χ2v) is 5.12. The largest absolute Gasteiger partial charge is 0.396 e. The monoisotopic (exact) mass is 305 g/mol. The van der Waals surface area contributed by atoms with E-state index in [1.165, 1.54) is 6.07 Å². The number of aliphatic hydroxyl groups is 1. The van der Waals surface area contributed by atoms with E-state index in [1.807, 2.05) is 6.07 Å². The summed E-state index contributed by atoms with van der Waals surface area (Å²) in [5, 5.41) is 12.0. The third-order valence-corrected chi connectivity index (χ3v) is 3.49. The van der Waals surface area contributed by atoms with Crippen molar-refractivity contribution < 1.29 is 18.7 Å². The Morgan fingerprint density at radius 1 is 1.09 bits per heavy atom. The summed E-state index contributed by atoms with van der Waals surface area (Å²) < 4.78 is 27.4. The van der Waals surface area contributed by atoms with Crippen LogP contribution in [0.4, 0.5) is 8.78 Å². The van der Waals surface area contributed by atoms with Gasteiger partial charge in [-0.3, -0.25) is 4.79 Å². The van der Waals surface area contributed by atoms with Gasteiger partial charge < -0.3 is 10.4 Å². The van der Waals surface area contributed by atoms with Crippen LogP contribution in [-0.4, -0.2) is 17.6 Å². The highest BCUT2D eigenvalue weighted by Crippen LogP contribution is 2.23. The first-order chi connectivity index (χ1) is 10.5. The molecule has 0 aliphatic rings. The normalized spacial score (nSPS) is 13.5. The van der Waals surface area contributed by atoms with Gasteiger partial charge in [-0.25, -0.2) is 8.78 Å². The molecule has 0 spiro atoms. The number of carbonyl (C=O) groups is 1. The van der Waals surface area contributed by atoms with E-state index in [0.717, 1.165) is 17.7 Å². The number of amides is 1. The molecule has 0 saturated heterocycles. The predicted molar refractivity (Wildman–Crippen MR) is 79.3 cm³/mol. The van der Waals surface area contributed by atoms with Crippen LogP contribution in [0.3, 0.4) is 0 Å². The third-order valence-electron chi connectivity index (χ3n) is 3.49. The van der Waals surface area contributed by atoms with Crippen LogP contribution in [-0.2, 0) is 0 Å². The number of nitrogens with one attached hydrogen (secondary N) is 1. The summed E-state index contributed by atoms with van der Waals surface area (Å²) in [5.41, 5.74) is 0.141. The fourth-order valence-electron chi connectivity index (χ4n) is 2.25. The Labute approximate surface area is 127 Å². The zero-order valence-corrected chi connectivity index (χ0v) is 12.1. The molecular formula is C17H17F2NO2. The van der Waals surface area contributed by atoms with Crippen molar-refractivity contribution in [3.63, 3.8) is 0 Å². The fourth-order valence-corrected chi connectivity index (χ4v) is 2.25. The van der Waals surface area contributed by atoms with E-state index in [4.69, 9.17) is 0 Å². The van der Waals surface area contributed by atoms with Crippen molar-refractivity contribution in [1.82, 2.24) is 5.32 Å². The molecule has 2 N–H and O–H groups in total. The van der Waals surface area contributed by atoms with Crippen molar-refractivity contribution >= 4 is 5.91 Å². The average Bonchev–Trinajstić information content (AvgIpc) is 2.52. The zero-order valence-electron chi connectivity index (χ0n) is 12.1. The van der Waals surface area contributed by atoms with Gasteiger partial charge in [-0.15, -0.1) is 0 Å². The highest BCUT2D eigenvalue weighted by molar-refractivity contribution is 5.95. The maximum atomic E-state index is 13.7. The average molecular weight is 305 g/mol. The molecule has 0 aliphatic heterocycles. The summed E-state index contributed by atoms with van der Waals surface area (Å²) in [4.78, 5) is 12.2. The first-order valence-electron chi connectivity index (χ1n) is 6.95. The summed E-state index contributed by atoms with van der Waals surface area (Å²) in [5.74, 6) is -2.98. The Bertz CT molecular complexity index is 626. The van der Waals surface area contributed by atoms with Gasteiger partial charge in [0.25, 0.3) is 5.91 Å². The molecule has 1 amide bonds. The third kappa shape index (κ3) is 3.49. The summed E-state index contributed by atoms with van der Waals surface area (Å²) >= 11 is 0. The highest BCUT2D eigenvalue weighted by Gasteiger charge is 2.24. The minimum Gasteiger partial charge on any atom is -0.396 e. The molecule has 2 unspecified atom stereocenters. The lowest BCUT2D eigenvalue weighted by atomic mass is 9.94. The van der Waals surface area contributed by atoms with Crippen LogP contribution in [0.1, 0.15) is 28.9 Å². The molecule has 5 heteroatoms. The van der Waals surface area contributed by atoms with Gasteiger partial charge in [0.15, 0.2) is 0 Å². The standard InChI is InChI=1S/C17H17F2NO2/c1-11(10-21)16(12-6-3-2-4-7-12)20-17(22)15-13(18)8-5-9-14(15)19/h2-9,11,16,21H,10H2,1H3,(H,20,22). The molecule has 3 nitrogen and oxygen atoms in total. The summed E-state index contributed by atoms with van der Waals surface area (Å²) in [7, 11) is 0. The molecule has 0 heterocycles. The number of carbonyl (C=O) groups excluding carboxylic acids is 1. The van der Waals surface area contributed by atoms with Gasteiger partial charge >= 0.3 is 0 Å². The molecule has 0 bridgehead atoms. The lowest BCUT2D eigenvalue weighted by Crippen LogP contribution is -2.34. The zero-order chi connectivity index (χ0) is 16.1. The van der Waals surface area contributed by atoms with Crippen LogP contribution in [0.5, 0.6) is 0 Å². The van der Waals surface area contributed by atoms with Crippen molar-refractivity contribution in [3.05, 3.63) is 71.3 Å². The van der Waals surface area contributed by atoms with E-state index in [2.05, 4.69) is 5.32 Å². The smallest absolute Gasteiger partial charge is 0.257 e. The number of hydrogen-bond donors (Lipinski definition) is 2. The second kappa shape index (κ2) is 7.13. The SMILES string of the molecule is CC(CO)C(NC(=O)c1c(F)cccc1F)c1ccccc1. The number of halogens is 2. The van der Waals surface area contributed by atoms with Gasteiger partial charge in [0.2, 0.25) is 0 Å². The molecule has 22 heavy (non-hydrogen) atoms. The number of hydrogen-bond acceptors (Lipinski definition) is 2. The molecule has 2 rings (SSSR count). The van der Waals surface area contributed by atoms with Gasteiger partial charge in [-0.1, -0.05) is 43.3 Å². The van der Waals surface area contributed by atoms with Crippen molar-refractivity contribution in [1.29, 1.82) is 0 Å². The second-order valence-electron chi connectivity index (χ2n) is 5.12. The minimum atomic E-state index is -0.916. The van der Waals surface area contributed by atoms with Crippen LogP contribution in [0.15, 0.2) is 48.5 Å². The Kier molecular flexibility index (Phi) is 5.22. The Morgan fingerprint density at radius 3 is 2.23 bits per heavy atom. The van der Waals surface area contributed by atoms with Gasteiger partial charge in [-0.05, 0) is 17.7 Å². The summed E-state index contributed by atoms with van der Waals surface area (Å²) in [6, 6.07) is 11.7. The van der Waals surface area contributed by atoms with Crippen LogP contribution in [0, 0.1) is 17.6 Å². The maximum Gasteiger partial charge on any atom is 0.257 e. The number of rotatable bonds is 5. The molecule has 0 saturated carbocycles. The first kappa shape index (κ1) is 16.1. The number of aliphatic hydroxyl groups excluding tert-OH is 1. The molecule has 0 aliphatic carbocycles. The van der Waals surface area contributed by atoms with E-state index >= 15 is 0 Å². The lowest BCUT2D eigenvalue weighted by Gasteiger charge is -2.24. The topological polar surface area (TPSA) is 49.3 Å². The van der Waals surface area contributed by atoms with E-state index in [9.17, 15) is 18.7 Å². The molecule has 2 aromatic rings. The van der Waals surface area contributed by atoms with E-state index in [1.54, 1.807) is 31.2 Å². The van der Waals surface area contributed by atoms with Gasteiger partial charge in [0.05, 0.1) is 6.04 Å². The number of benzene rings is 2. The quantitative estimate of drug-likeness (QED) is 0.892. The molecule has 2 atom stereocenters. The van der Waals surface area contributed by atoms with Gasteiger partial charge in [-0.2, -0.15) is 0 Å². The molecule has 0 fully saturated rings. The van der Waals surface area contributed by atoms with Crippen molar-refractivity contribution in [2.75, 3.05) is 6.61 Å². The lowest BCUT2D eigenvalue weighted by molar-refractivity contribution is 0.0900. The highest BCUT2D eigenvalue weighted by atomic mass is 19.1. The Balaban J connectivity index is 2.30. The van der Waals surface area contributed by atoms with E-state index in [-0.39, 0.29) is 12.5 Å². The van der Waals surface area contributed by atoms with Gasteiger partial charge in [0, 0.05) is 12.5 Å². The predicted octanol–water partition coefficient (Wildman–Crippen LogP) is 3.06. The maximum absolute atomic E-state index is 13.7. The van der Waals surface area contributed by atoms with Crippen molar-refractivity contribution in [3.8, 4) is 0 Å². The minimum absolute atomic E-state index is 0.167. The van der Waals surface area contributed by atoms with Gasteiger partial charge in [0.1, 0.15) is 17.2 Å². The first-order valence-corrected chi connectivity index (χ1v) is 6.95. The van der Waals surface area contributed by atoms with Crippen molar-refractivity contribution in [2.45, 2.75) is 13.0 Å². The summed E-state index contributed by atoms with van der Waals surface area (Å²) in [6.45, 7) is 1.58. The molecule has 0 aromatic heterocycles. The van der Waals surface area contributed by atoms with Crippen molar-refractivity contribution in [2.24, 2.45) is 5.92 Å². The summed E-state index contributed by atoms with van der Waals surface area (Å²) in [6.07, 6.45) is 0. The molecule has 116 valence electrons. The van der Waals surface area contributed by atoms with Crippen LogP contribution in [0.2, 0.25) is 0 Å². The fraction of sp³-hybridized carbons (Fsp3) is 0.235. The van der Waals surface area contributed by atoms with E-state index < -0.39 is 29.1 Å². The Morgan fingerprint density at radius 2 is 1.68 bits per heavy atom. The van der Waals surface area contributed by atoms with E-state index in [0.29, 0.717) is 0 Å². The molecular weight excluding hydrogens is 288 g/mol. The molecule has 2 aromatic carbocycles. The van der Waals surface area contributed by atoms with Crippen LogP contribution in [0.25, 0.3) is 0 Å². The van der Waals surface area contributed by atoms with Crippen LogP contribution >= 0.6 is 0 Å². The molecule has 0 radical (unpaired) electrons.